The zero-order valence-corrected chi connectivity index (χ0v) is 10.4. The molecule has 0 spiro atoms. The Morgan fingerprint density at radius 3 is 3.06 bits per heavy atom. The SMILES string of the molecule is COC(=O)CCN(C)c1ccc2c(n1)CCC2. The van der Waals surface area contributed by atoms with Crippen LogP contribution in [0.2, 0.25) is 0 Å². The number of anilines is 1. The summed E-state index contributed by atoms with van der Waals surface area (Å²) in [6.45, 7) is 0.637. The minimum atomic E-state index is -0.182. The summed E-state index contributed by atoms with van der Waals surface area (Å²) in [5, 5.41) is 0. The molecule has 1 aromatic heterocycles. The number of nitrogens with zero attached hydrogens (tertiary/aromatic N) is 2. The maximum atomic E-state index is 11.1. The van der Waals surface area contributed by atoms with Crippen molar-refractivity contribution in [2.45, 2.75) is 25.7 Å². The van der Waals surface area contributed by atoms with E-state index in [0.29, 0.717) is 13.0 Å². The van der Waals surface area contributed by atoms with Crippen molar-refractivity contribution in [3.8, 4) is 0 Å². The van der Waals surface area contributed by atoms with Crippen molar-refractivity contribution < 1.29 is 9.53 Å². The van der Waals surface area contributed by atoms with E-state index in [-0.39, 0.29) is 5.97 Å². The smallest absolute Gasteiger partial charge is 0.307 e. The van der Waals surface area contributed by atoms with Crippen molar-refractivity contribution in [3.63, 3.8) is 0 Å². The fraction of sp³-hybridized carbons (Fsp3) is 0.538. The lowest BCUT2D eigenvalue weighted by atomic mass is 10.2. The van der Waals surface area contributed by atoms with E-state index in [4.69, 9.17) is 0 Å². The molecule has 0 atom stereocenters. The lowest BCUT2D eigenvalue weighted by molar-refractivity contribution is -0.140. The molecule has 0 fully saturated rings. The molecule has 0 radical (unpaired) electrons. The van der Waals surface area contributed by atoms with Crippen LogP contribution in [0.3, 0.4) is 0 Å². The number of methoxy groups -OCH3 is 1. The average molecular weight is 234 g/mol. The predicted octanol–water partition coefficient (Wildman–Crippen LogP) is 1.57. The Hall–Kier alpha value is -1.58. The highest BCUT2D eigenvalue weighted by atomic mass is 16.5. The van der Waals surface area contributed by atoms with Gasteiger partial charge in [0.25, 0.3) is 0 Å². The highest BCUT2D eigenvalue weighted by Gasteiger charge is 2.14. The molecule has 92 valence electrons. The lowest BCUT2D eigenvalue weighted by Gasteiger charge is -2.18. The number of aryl methyl sites for hydroxylation is 2. The van der Waals surface area contributed by atoms with Gasteiger partial charge in [0.1, 0.15) is 5.82 Å². The van der Waals surface area contributed by atoms with Crippen molar-refractivity contribution in [2.24, 2.45) is 0 Å². The van der Waals surface area contributed by atoms with Gasteiger partial charge in [-0.1, -0.05) is 6.07 Å². The molecule has 1 heterocycles. The second-order valence-electron chi connectivity index (χ2n) is 4.38. The van der Waals surface area contributed by atoms with Crippen LogP contribution in [0.4, 0.5) is 5.82 Å². The second kappa shape index (κ2) is 5.17. The van der Waals surface area contributed by atoms with Crippen molar-refractivity contribution in [1.29, 1.82) is 0 Å². The fourth-order valence-electron chi connectivity index (χ4n) is 2.10. The summed E-state index contributed by atoms with van der Waals surface area (Å²) in [6, 6.07) is 4.18. The summed E-state index contributed by atoms with van der Waals surface area (Å²) in [6.07, 6.45) is 3.83. The summed E-state index contributed by atoms with van der Waals surface area (Å²) >= 11 is 0. The van der Waals surface area contributed by atoms with Gasteiger partial charge in [0.15, 0.2) is 0 Å². The third-order valence-electron chi connectivity index (χ3n) is 3.18. The molecule has 1 aromatic rings. The molecule has 17 heavy (non-hydrogen) atoms. The quantitative estimate of drug-likeness (QED) is 0.742. The summed E-state index contributed by atoms with van der Waals surface area (Å²) in [5.41, 5.74) is 2.59. The van der Waals surface area contributed by atoms with Gasteiger partial charge in [-0.15, -0.1) is 0 Å². The van der Waals surface area contributed by atoms with Crippen LogP contribution in [0.1, 0.15) is 24.1 Å². The number of pyridine rings is 1. The van der Waals surface area contributed by atoms with E-state index in [2.05, 4.69) is 15.8 Å². The number of rotatable bonds is 4. The zero-order chi connectivity index (χ0) is 12.3. The fourth-order valence-corrected chi connectivity index (χ4v) is 2.10. The Morgan fingerprint density at radius 2 is 2.29 bits per heavy atom. The topological polar surface area (TPSA) is 42.4 Å². The maximum absolute atomic E-state index is 11.1. The molecule has 0 unspecified atom stereocenters. The molecule has 0 saturated carbocycles. The molecule has 4 heteroatoms. The van der Waals surface area contributed by atoms with E-state index in [1.165, 1.54) is 24.8 Å². The monoisotopic (exact) mass is 234 g/mol. The Morgan fingerprint density at radius 1 is 1.47 bits per heavy atom. The molecule has 0 bridgehead atoms. The average Bonchev–Trinajstić information content (AvgIpc) is 2.82. The van der Waals surface area contributed by atoms with E-state index >= 15 is 0 Å². The number of hydrogen-bond donors (Lipinski definition) is 0. The first-order valence-corrected chi connectivity index (χ1v) is 5.97. The van der Waals surface area contributed by atoms with Gasteiger partial charge in [0, 0.05) is 19.3 Å². The van der Waals surface area contributed by atoms with Gasteiger partial charge in [-0.05, 0) is 30.9 Å². The summed E-state index contributed by atoms with van der Waals surface area (Å²) in [5.74, 6) is 0.757. The highest BCUT2D eigenvalue weighted by Crippen LogP contribution is 2.22. The van der Waals surface area contributed by atoms with Crippen LogP contribution >= 0.6 is 0 Å². The molecule has 0 saturated heterocycles. The third kappa shape index (κ3) is 2.75. The second-order valence-corrected chi connectivity index (χ2v) is 4.38. The van der Waals surface area contributed by atoms with Crippen molar-refractivity contribution in [2.75, 3.05) is 25.6 Å². The predicted molar refractivity (Wildman–Crippen MR) is 66.2 cm³/mol. The molecule has 2 rings (SSSR count). The molecular weight excluding hydrogens is 216 g/mol. The van der Waals surface area contributed by atoms with Gasteiger partial charge in [0.2, 0.25) is 0 Å². The Bertz CT molecular complexity index is 418. The first-order chi connectivity index (χ1) is 8.20. The van der Waals surface area contributed by atoms with Gasteiger partial charge >= 0.3 is 5.97 Å². The number of ether oxygens (including phenoxy) is 1. The van der Waals surface area contributed by atoms with Gasteiger partial charge in [-0.3, -0.25) is 4.79 Å². The van der Waals surface area contributed by atoms with E-state index in [0.717, 1.165) is 18.7 Å². The number of esters is 1. The normalized spacial score (nSPS) is 13.3. The number of aromatic nitrogens is 1. The molecule has 0 amide bonds. The van der Waals surface area contributed by atoms with E-state index < -0.39 is 0 Å². The summed E-state index contributed by atoms with van der Waals surface area (Å²) in [7, 11) is 3.36. The molecule has 0 aromatic carbocycles. The van der Waals surface area contributed by atoms with Gasteiger partial charge in [0.05, 0.1) is 13.5 Å². The summed E-state index contributed by atoms with van der Waals surface area (Å²) < 4.78 is 4.62. The first kappa shape index (κ1) is 11.9. The van der Waals surface area contributed by atoms with Crippen LogP contribution in [0.5, 0.6) is 0 Å². The van der Waals surface area contributed by atoms with Crippen LogP contribution in [0, 0.1) is 0 Å². The highest BCUT2D eigenvalue weighted by molar-refractivity contribution is 5.69. The number of carbonyl (C=O) groups excluding carboxylic acids is 1. The third-order valence-corrected chi connectivity index (χ3v) is 3.18. The van der Waals surface area contributed by atoms with E-state index in [9.17, 15) is 4.79 Å². The Kier molecular flexibility index (Phi) is 3.61. The zero-order valence-electron chi connectivity index (χ0n) is 10.4. The van der Waals surface area contributed by atoms with Crippen LogP contribution in [-0.2, 0) is 22.4 Å². The molecule has 1 aliphatic carbocycles. The maximum Gasteiger partial charge on any atom is 0.307 e. The van der Waals surface area contributed by atoms with Crippen LogP contribution in [0.15, 0.2) is 12.1 Å². The minimum Gasteiger partial charge on any atom is -0.469 e. The van der Waals surface area contributed by atoms with Crippen molar-refractivity contribution in [3.05, 3.63) is 23.4 Å². The van der Waals surface area contributed by atoms with Crippen LogP contribution in [-0.4, -0.2) is 31.7 Å². The number of fused-ring (bicyclic) bond motifs is 1. The standard InChI is InChI=1S/C13H18N2O2/c1-15(9-8-13(16)17-2)12-7-6-10-4-3-5-11(10)14-12/h6-7H,3-5,8-9H2,1-2H3. The van der Waals surface area contributed by atoms with Crippen LogP contribution < -0.4 is 4.90 Å². The Labute approximate surface area is 102 Å². The molecule has 0 aliphatic heterocycles. The molecular formula is C13H18N2O2. The van der Waals surface area contributed by atoms with E-state index in [1.807, 2.05) is 18.0 Å². The number of hydrogen-bond acceptors (Lipinski definition) is 4. The first-order valence-electron chi connectivity index (χ1n) is 5.97. The van der Waals surface area contributed by atoms with E-state index in [1.54, 1.807) is 0 Å². The van der Waals surface area contributed by atoms with Gasteiger partial charge < -0.3 is 9.64 Å². The van der Waals surface area contributed by atoms with Crippen LogP contribution in [0.25, 0.3) is 0 Å². The van der Waals surface area contributed by atoms with Gasteiger partial charge in [-0.2, -0.15) is 0 Å². The molecule has 0 N–H and O–H groups in total. The number of carbonyl (C=O) groups is 1. The lowest BCUT2D eigenvalue weighted by Crippen LogP contribution is -2.22. The minimum absolute atomic E-state index is 0.182. The summed E-state index contributed by atoms with van der Waals surface area (Å²) in [4.78, 5) is 17.7. The molecule has 4 nitrogen and oxygen atoms in total. The van der Waals surface area contributed by atoms with Gasteiger partial charge in [-0.25, -0.2) is 4.98 Å². The molecule has 1 aliphatic rings. The Balaban J connectivity index is 1.99. The van der Waals surface area contributed by atoms with Crippen molar-refractivity contribution in [1.82, 2.24) is 4.98 Å². The van der Waals surface area contributed by atoms with Crippen molar-refractivity contribution >= 4 is 11.8 Å². The largest absolute Gasteiger partial charge is 0.469 e.